The number of ether oxygens (including phenoxy) is 1. The van der Waals surface area contributed by atoms with E-state index in [0.29, 0.717) is 6.04 Å². The molecule has 118 valence electrons. The molecule has 1 fully saturated rings. The van der Waals surface area contributed by atoms with Crippen molar-refractivity contribution in [1.29, 1.82) is 0 Å². The monoisotopic (exact) mass is 297 g/mol. The van der Waals surface area contributed by atoms with E-state index in [1.807, 2.05) is 12.1 Å². The van der Waals surface area contributed by atoms with Crippen molar-refractivity contribution in [3.63, 3.8) is 0 Å². The van der Waals surface area contributed by atoms with Gasteiger partial charge < -0.3 is 10.1 Å². The molecule has 1 aliphatic carbocycles. The summed E-state index contributed by atoms with van der Waals surface area (Å²) in [4.78, 5) is 0. The van der Waals surface area contributed by atoms with Gasteiger partial charge in [-0.1, -0.05) is 31.9 Å². The van der Waals surface area contributed by atoms with Gasteiger partial charge in [0.2, 0.25) is 0 Å². The number of halogens is 2. The molecule has 1 aliphatic rings. The van der Waals surface area contributed by atoms with Gasteiger partial charge in [0.1, 0.15) is 5.75 Å². The molecule has 0 aromatic heterocycles. The van der Waals surface area contributed by atoms with E-state index in [1.165, 1.54) is 38.5 Å². The SMILES string of the molecule is CCCC1CCC(NCc2ccc(OC(F)F)cc2)CC1. The summed E-state index contributed by atoms with van der Waals surface area (Å²) in [6, 6.07) is 7.47. The third-order valence-electron chi connectivity index (χ3n) is 4.29. The lowest BCUT2D eigenvalue weighted by Gasteiger charge is -2.29. The molecule has 0 bridgehead atoms. The van der Waals surface area contributed by atoms with Crippen LogP contribution in [0.2, 0.25) is 0 Å². The van der Waals surface area contributed by atoms with Gasteiger partial charge in [0.25, 0.3) is 0 Å². The molecule has 0 saturated heterocycles. The molecule has 0 heterocycles. The van der Waals surface area contributed by atoms with Crippen LogP contribution in [0.3, 0.4) is 0 Å². The number of benzene rings is 1. The molecule has 2 rings (SSSR count). The van der Waals surface area contributed by atoms with Gasteiger partial charge in [-0.2, -0.15) is 8.78 Å². The maximum Gasteiger partial charge on any atom is 0.387 e. The summed E-state index contributed by atoms with van der Waals surface area (Å²) in [5, 5.41) is 3.57. The van der Waals surface area contributed by atoms with E-state index >= 15 is 0 Å². The Labute approximate surface area is 125 Å². The lowest BCUT2D eigenvalue weighted by Crippen LogP contribution is -2.32. The summed E-state index contributed by atoms with van der Waals surface area (Å²) >= 11 is 0. The fraction of sp³-hybridized carbons (Fsp3) is 0.647. The van der Waals surface area contributed by atoms with Gasteiger partial charge >= 0.3 is 6.61 Å². The van der Waals surface area contributed by atoms with Crippen molar-refractivity contribution in [1.82, 2.24) is 5.32 Å². The van der Waals surface area contributed by atoms with Crippen LogP contribution in [0, 0.1) is 5.92 Å². The highest BCUT2D eigenvalue weighted by Crippen LogP contribution is 2.27. The fourth-order valence-electron chi connectivity index (χ4n) is 3.11. The summed E-state index contributed by atoms with van der Waals surface area (Å²) in [6.45, 7) is 0.288. The van der Waals surface area contributed by atoms with E-state index in [1.54, 1.807) is 12.1 Å². The molecule has 1 aromatic carbocycles. The minimum absolute atomic E-state index is 0.217. The van der Waals surface area contributed by atoms with Crippen LogP contribution in [0.5, 0.6) is 5.75 Å². The van der Waals surface area contributed by atoms with Crippen LogP contribution in [0.1, 0.15) is 51.0 Å². The molecule has 0 radical (unpaired) electrons. The molecular formula is C17H25F2NO. The number of alkyl halides is 2. The standard InChI is InChI=1S/C17H25F2NO/c1-2-3-13-4-8-15(9-5-13)20-12-14-6-10-16(11-7-14)21-17(18)19/h6-7,10-11,13,15,17,20H,2-5,8-9,12H2,1H3. The van der Waals surface area contributed by atoms with E-state index in [4.69, 9.17) is 0 Å². The molecular weight excluding hydrogens is 272 g/mol. The van der Waals surface area contributed by atoms with E-state index in [-0.39, 0.29) is 5.75 Å². The first-order valence-electron chi connectivity index (χ1n) is 7.94. The lowest BCUT2D eigenvalue weighted by atomic mass is 9.83. The van der Waals surface area contributed by atoms with Crippen LogP contribution in [0.15, 0.2) is 24.3 Å². The van der Waals surface area contributed by atoms with Gasteiger partial charge in [0.15, 0.2) is 0 Å². The number of rotatable bonds is 7. The van der Waals surface area contributed by atoms with Crippen molar-refractivity contribution in [3.05, 3.63) is 29.8 Å². The van der Waals surface area contributed by atoms with Crippen LogP contribution in [-0.4, -0.2) is 12.7 Å². The molecule has 0 amide bonds. The molecule has 0 spiro atoms. The average molecular weight is 297 g/mol. The lowest BCUT2D eigenvalue weighted by molar-refractivity contribution is -0.0498. The smallest absolute Gasteiger partial charge is 0.387 e. The Morgan fingerprint density at radius 1 is 1.14 bits per heavy atom. The van der Waals surface area contributed by atoms with E-state index < -0.39 is 6.61 Å². The summed E-state index contributed by atoms with van der Waals surface area (Å²) in [5.41, 5.74) is 1.10. The maximum atomic E-state index is 12.1. The maximum absolute atomic E-state index is 12.1. The van der Waals surface area contributed by atoms with Gasteiger partial charge in [0.05, 0.1) is 0 Å². The molecule has 0 unspecified atom stereocenters. The minimum Gasteiger partial charge on any atom is -0.435 e. The Kier molecular flexibility index (Phi) is 6.43. The quantitative estimate of drug-likeness (QED) is 0.785. The molecule has 0 atom stereocenters. The van der Waals surface area contributed by atoms with Gasteiger partial charge in [0, 0.05) is 12.6 Å². The van der Waals surface area contributed by atoms with E-state index in [0.717, 1.165) is 18.0 Å². The Morgan fingerprint density at radius 2 is 1.81 bits per heavy atom. The highest BCUT2D eigenvalue weighted by Gasteiger charge is 2.19. The molecule has 0 aliphatic heterocycles. The second-order valence-electron chi connectivity index (χ2n) is 5.91. The van der Waals surface area contributed by atoms with Crippen LogP contribution in [-0.2, 0) is 6.54 Å². The zero-order chi connectivity index (χ0) is 15.1. The third kappa shape index (κ3) is 5.62. The third-order valence-corrected chi connectivity index (χ3v) is 4.29. The summed E-state index contributed by atoms with van der Waals surface area (Å²) in [7, 11) is 0. The second kappa shape index (κ2) is 8.32. The van der Waals surface area contributed by atoms with Crippen molar-refractivity contribution in [2.45, 2.75) is 64.6 Å². The number of hydrogen-bond acceptors (Lipinski definition) is 2. The number of hydrogen-bond donors (Lipinski definition) is 1. The summed E-state index contributed by atoms with van der Waals surface area (Å²) in [6.07, 6.45) is 7.79. The predicted molar refractivity (Wildman–Crippen MR) is 80.6 cm³/mol. The predicted octanol–water partition coefficient (Wildman–Crippen LogP) is 4.74. The summed E-state index contributed by atoms with van der Waals surface area (Å²) < 4.78 is 28.5. The number of nitrogens with one attached hydrogen (secondary N) is 1. The second-order valence-corrected chi connectivity index (χ2v) is 5.91. The normalized spacial score (nSPS) is 22.5. The summed E-state index contributed by atoms with van der Waals surface area (Å²) in [5.74, 6) is 1.13. The zero-order valence-electron chi connectivity index (χ0n) is 12.7. The molecule has 2 nitrogen and oxygen atoms in total. The first-order valence-corrected chi connectivity index (χ1v) is 7.94. The van der Waals surface area contributed by atoms with Crippen molar-refractivity contribution in [3.8, 4) is 5.75 Å². The van der Waals surface area contributed by atoms with Crippen molar-refractivity contribution in [2.24, 2.45) is 5.92 Å². The molecule has 1 aromatic rings. The Balaban J connectivity index is 1.71. The van der Waals surface area contributed by atoms with E-state index in [9.17, 15) is 8.78 Å². The van der Waals surface area contributed by atoms with Gasteiger partial charge in [-0.3, -0.25) is 0 Å². The highest BCUT2D eigenvalue weighted by atomic mass is 19.3. The van der Waals surface area contributed by atoms with E-state index in [2.05, 4.69) is 17.0 Å². The first kappa shape index (κ1) is 16.2. The van der Waals surface area contributed by atoms with Crippen molar-refractivity contribution >= 4 is 0 Å². The molecule has 1 N–H and O–H groups in total. The van der Waals surface area contributed by atoms with Crippen LogP contribution < -0.4 is 10.1 Å². The van der Waals surface area contributed by atoms with Crippen molar-refractivity contribution in [2.75, 3.05) is 0 Å². The highest BCUT2D eigenvalue weighted by molar-refractivity contribution is 5.27. The van der Waals surface area contributed by atoms with Crippen molar-refractivity contribution < 1.29 is 13.5 Å². The van der Waals surface area contributed by atoms with Crippen LogP contribution in [0.25, 0.3) is 0 Å². The Hall–Kier alpha value is -1.16. The molecule has 1 saturated carbocycles. The zero-order valence-corrected chi connectivity index (χ0v) is 12.7. The molecule has 4 heteroatoms. The average Bonchev–Trinajstić information content (AvgIpc) is 2.48. The van der Waals surface area contributed by atoms with Gasteiger partial charge in [-0.05, 0) is 49.3 Å². The minimum atomic E-state index is -2.76. The topological polar surface area (TPSA) is 21.3 Å². The van der Waals surface area contributed by atoms with Gasteiger partial charge in [-0.15, -0.1) is 0 Å². The van der Waals surface area contributed by atoms with Crippen LogP contribution in [0.4, 0.5) is 8.78 Å². The Bertz CT molecular complexity index is 400. The fourth-order valence-corrected chi connectivity index (χ4v) is 3.11. The largest absolute Gasteiger partial charge is 0.435 e. The first-order chi connectivity index (χ1) is 10.2. The van der Waals surface area contributed by atoms with Crippen LogP contribution >= 0.6 is 0 Å². The molecule has 21 heavy (non-hydrogen) atoms. The van der Waals surface area contributed by atoms with Gasteiger partial charge in [-0.25, -0.2) is 0 Å². The Morgan fingerprint density at radius 3 is 2.38 bits per heavy atom.